The summed E-state index contributed by atoms with van der Waals surface area (Å²) in [6, 6.07) is 26.6. The highest BCUT2D eigenvalue weighted by Crippen LogP contribution is 2.36. The van der Waals surface area contributed by atoms with Crippen LogP contribution >= 0.6 is 0 Å². The number of nitrogens with zero attached hydrogens (tertiary/aromatic N) is 3. The summed E-state index contributed by atoms with van der Waals surface area (Å²) in [6.07, 6.45) is 2.10. The quantitative estimate of drug-likeness (QED) is 0.122. The van der Waals surface area contributed by atoms with E-state index in [1.54, 1.807) is 24.0 Å². The molecule has 2 aliphatic heterocycles. The van der Waals surface area contributed by atoms with Crippen LogP contribution in [0.25, 0.3) is 43.6 Å². The predicted molar refractivity (Wildman–Crippen MR) is 230 cm³/mol. The lowest BCUT2D eigenvalue weighted by Gasteiger charge is -2.29. The van der Waals surface area contributed by atoms with Gasteiger partial charge >= 0.3 is 0 Å². The Balaban J connectivity index is 0.000000157. The lowest BCUT2D eigenvalue weighted by Crippen LogP contribution is -2.38. The van der Waals surface area contributed by atoms with Gasteiger partial charge < -0.3 is 34.8 Å². The predicted octanol–water partition coefficient (Wildman–Crippen LogP) is 8.21. The fraction of sp³-hybridized carbons (Fsp3) is 0.271. The van der Waals surface area contributed by atoms with E-state index in [-0.39, 0.29) is 29.6 Å². The van der Waals surface area contributed by atoms with Crippen LogP contribution in [0.4, 0.5) is 8.78 Å². The molecule has 0 bridgehead atoms. The third-order valence-corrected chi connectivity index (χ3v) is 11.6. The normalized spacial score (nSPS) is 14.2. The summed E-state index contributed by atoms with van der Waals surface area (Å²) in [5.74, 6) is -0.356. The molecular weight excluding hydrogens is 763 g/mol. The number of H-pyrrole nitrogens is 2. The molecule has 10 nitrogen and oxygen atoms in total. The molecule has 0 radical (unpaired) electrons. The molecule has 1 amide bonds. The Hall–Kier alpha value is -6.37. The van der Waals surface area contributed by atoms with Gasteiger partial charge in [-0.3, -0.25) is 14.8 Å². The van der Waals surface area contributed by atoms with Crippen LogP contribution in [0.2, 0.25) is 0 Å². The zero-order valence-electron chi connectivity index (χ0n) is 33.8. The summed E-state index contributed by atoms with van der Waals surface area (Å²) in [7, 11) is 2.92. The second-order valence-electron chi connectivity index (χ2n) is 15.6. The summed E-state index contributed by atoms with van der Waals surface area (Å²) >= 11 is 0. The second-order valence-corrected chi connectivity index (χ2v) is 15.6. The maximum atomic E-state index is 14.3. The van der Waals surface area contributed by atoms with Crippen molar-refractivity contribution in [3.05, 3.63) is 142 Å². The molecule has 60 heavy (non-hydrogen) atoms. The lowest BCUT2D eigenvalue weighted by molar-refractivity contribution is -0.134. The van der Waals surface area contributed by atoms with Gasteiger partial charge in [0, 0.05) is 58.5 Å². The van der Waals surface area contributed by atoms with E-state index in [2.05, 4.69) is 39.6 Å². The Kier molecular flexibility index (Phi) is 10.7. The molecule has 0 spiro atoms. The van der Waals surface area contributed by atoms with Crippen LogP contribution in [0.15, 0.2) is 84.9 Å². The van der Waals surface area contributed by atoms with Crippen molar-refractivity contribution in [2.45, 2.75) is 58.2 Å². The van der Waals surface area contributed by atoms with Crippen LogP contribution in [0, 0.1) is 11.6 Å². The number of rotatable bonds is 8. The number of halogens is 2. The number of aromatic amines is 2. The molecule has 4 aromatic carbocycles. The zero-order chi connectivity index (χ0) is 41.5. The SMILES string of the molecule is COc1ccc(Cc2nc3c(c4c2[nH]c2ccccc24)CCN(C(=O)CC(C)O)C3)cc1F.COc1ccc(Cc2nc3c(c4c2[nH]c2ccccc24)CCNC3)cc1F. The Morgan fingerprint density at radius 2 is 1.30 bits per heavy atom. The molecule has 4 N–H and O–H groups in total. The molecule has 12 heteroatoms. The summed E-state index contributed by atoms with van der Waals surface area (Å²) in [4.78, 5) is 31.4. The van der Waals surface area contributed by atoms with E-state index in [1.807, 2.05) is 36.4 Å². The number of carbonyl (C=O) groups excluding carboxylic acids is 1. The van der Waals surface area contributed by atoms with Crippen molar-refractivity contribution < 1.29 is 28.2 Å². The number of benzene rings is 4. The van der Waals surface area contributed by atoms with Gasteiger partial charge in [-0.25, -0.2) is 8.78 Å². The Morgan fingerprint density at radius 1 is 0.767 bits per heavy atom. The van der Waals surface area contributed by atoms with E-state index >= 15 is 0 Å². The monoisotopic (exact) mass is 808 g/mol. The van der Waals surface area contributed by atoms with E-state index in [4.69, 9.17) is 19.4 Å². The molecule has 0 aliphatic carbocycles. The Morgan fingerprint density at radius 3 is 1.83 bits per heavy atom. The number of amides is 1. The largest absolute Gasteiger partial charge is 0.494 e. The van der Waals surface area contributed by atoms with Crippen molar-refractivity contribution in [1.82, 2.24) is 30.2 Å². The van der Waals surface area contributed by atoms with E-state index in [0.29, 0.717) is 32.4 Å². The zero-order valence-corrected chi connectivity index (χ0v) is 33.8. The molecule has 1 unspecified atom stereocenters. The number of pyridine rings is 2. The van der Waals surface area contributed by atoms with Gasteiger partial charge in [0.15, 0.2) is 23.1 Å². The van der Waals surface area contributed by atoms with Crippen LogP contribution in [0.1, 0.15) is 58.4 Å². The highest BCUT2D eigenvalue weighted by atomic mass is 19.1. The first-order valence-electron chi connectivity index (χ1n) is 20.3. The number of hydrogen-bond donors (Lipinski definition) is 4. The van der Waals surface area contributed by atoms with Gasteiger partial charge in [-0.05, 0) is 85.0 Å². The third-order valence-electron chi connectivity index (χ3n) is 11.6. The van der Waals surface area contributed by atoms with Crippen molar-refractivity contribution in [2.75, 3.05) is 27.3 Å². The van der Waals surface area contributed by atoms with E-state index in [1.165, 1.54) is 42.7 Å². The molecule has 8 aromatic rings. The van der Waals surface area contributed by atoms with Gasteiger partial charge in [-0.1, -0.05) is 48.5 Å². The van der Waals surface area contributed by atoms with Gasteiger partial charge in [0.25, 0.3) is 0 Å². The first kappa shape index (κ1) is 39.1. The maximum Gasteiger partial charge on any atom is 0.225 e. The number of aromatic nitrogens is 4. The number of nitrogens with one attached hydrogen (secondary N) is 3. The number of ether oxygens (including phenoxy) is 2. The minimum Gasteiger partial charge on any atom is -0.494 e. The first-order chi connectivity index (χ1) is 29.2. The standard InChI is InChI=1S/C26H26FN3O3.C22H20FN3O/c1-15(31)11-24(32)30-10-9-18-22(14-30)28-21(13-16-7-8-23(33-2)19(27)12-16)26-25(18)17-5-3-4-6-20(17)29-26;1-27-20-7-6-13(10-16(20)23)11-18-22-21(14-4-2-3-5-17(14)26-22)15-8-9-24-12-19(15)25-18/h3-8,12,15,29,31H,9-11,13-14H2,1-2H3;2-7,10,24,26H,8-9,11-12H2,1H3. The lowest BCUT2D eigenvalue weighted by atomic mass is 9.96. The van der Waals surface area contributed by atoms with Crippen LogP contribution in [-0.4, -0.2) is 69.3 Å². The number of para-hydroxylation sites is 2. The number of fused-ring (bicyclic) bond motifs is 10. The molecule has 4 aromatic heterocycles. The minimum atomic E-state index is -0.677. The molecule has 0 fully saturated rings. The minimum absolute atomic E-state index is 0.0738. The van der Waals surface area contributed by atoms with Gasteiger partial charge in [-0.2, -0.15) is 0 Å². The van der Waals surface area contributed by atoms with E-state index in [9.17, 15) is 18.7 Å². The van der Waals surface area contributed by atoms with Gasteiger partial charge in [-0.15, -0.1) is 0 Å². The maximum absolute atomic E-state index is 14.3. The topological polar surface area (TPSA) is 128 Å². The fourth-order valence-corrected chi connectivity index (χ4v) is 8.82. The highest BCUT2D eigenvalue weighted by Gasteiger charge is 2.27. The van der Waals surface area contributed by atoms with Crippen molar-refractivity contribution >= 4 is 49.5 Å². The summed E-state index contributed by atoms with van der Waals surface area (Å²) in [5, 5.41) is 17.8. The molecule has 2 aliphatic rings. The number of methoxy groups -OCH3 is 2. The average Bonchev–Trinajstić information content (AvgIpc) is 3.84. The van der Waals surface area contributed by atoms with E-state index < -0.39 is 11.9 Å². The van der Waals surface area contributed by atoms with Crippen molar-refractivity contribution in [1.29, 1.82) is 0 Å². The second kappa shape index (κ2) is 16.4. The number of hydrogen-bond acceptors (Lipinski definition) is 7. The first-order valence-corrected chi connectivity index (χ1v) is 20.3. The van der Waals surface area contributed by atoms with E-state index in [0.717, 1.165) is 91.8 Å². The molecule has 306 valence electrons. The summed E-state index contributed by atoms with van der Waals surface area (Å²) in [5.41, 5.74) is 12.0. The van der Waals surface area contributed by atoms with Crippen LogP contribution < -0.4 is 14.8 Å². The third kappa shape index (κ3) is 7.41. The number of carbonyl (C=O) groups is 1. The van der Waals surface area contributed by atoms with Crippen LogP contribution in [-0.2, 0) is 43.6 Å². The Labute approximate surface area is 345 Å². The summed E-state index contributed by atoms with van der Waals surface area (Å²) in [6.45, 7) is 4.36. The van der Waals surface area contributed by atoms with Crippen molar-refractivity contribution in [3.8, 4) is 11.5 Å². The van der Waals surface area contributed by atoms with Gasteiger partial charge in [0.1, 0.15) is 0 Å². The van der Waals surface area contributed by atoms with Crippen molar-refractivity contribution in [2.24, 2.45) is 0 Å². The molecule has 10 rings (SSSR count). The fourth-order valence-electron chi connectivity index (χ4n) is 8.82. The Bertz CT molecular complexity index is 2920. The molecule has 1 atom stereocenters. The van der Waals surface area contributed by atoms with Gasteiger partial charge in [0.2, 0.25) is 5.91 Å². The number of aliphatic hydroxyl groups excluding tert-OH is 1. The average molecular weight is 809 g/mol. The highest BCUT2D eigenvalue weighted by molar-refractivity contribution is 6.11. The van der Waals surface area contributed by atoms with Crippen molar-refractivity contribution in [3.63, 3.8) is 0 Å². The number of aliphatic hydroxyl groups is 1. The van der Waals surface area contributed by atoms with Gasteiger partial charge in [0.05, 0.1) is 67.1 Å². The summed E-state index contributed by atoms with van der Waals surface area (Å²) < 4.78 is 38.6. The molecule has 6 heterocycles. The molecule has 0 saturated carbocycles. The van der Waals surface area contributed by atoms with Crippen LogP contribution in [0.5, 0.6) is 11.5 Å². The smallest absolute Gasteiger partial charge is 0.225 e. The molecule has 0 saturated heterocycles. The molecular formula is C48H46F2N6O4. The van der Waals surface area contributed by atoms with Crippen LogP contribution in [0.3, 0.4) is 0 Å².